The maximum atomic E-state index is 9.38. The molecule has 0 aliphatic carbocycles. The lowest BCUT2D eigenvalue weighted by Gasteiger charge is -1.95. The Bertz CT molecular complexity index is 433. The smallest absolute Gasteiger partial charge is 0.201 e. The summed E-state index contributed by atoms with van der Waals surface area (Å²) in [4.78, 5) is 4.00. The number of fused-ring (bicyclic) bond motifs is 1. The number of para-hydroxylation sites is 1. The number of phenolic OH excluding ortho intramolecular Hbond substituents is 1. The number of hydrogen-bond donors (Lipinski definition) is 2. The van der Waals surface area contributed by atoms with Gasteiger partial charge in [0.2, 0.25) is 5.95 Å². The van der Waals surface area contributed by atoms with Crippen molar-refractivity contribution in [3.8, 4) is 5.75 Å². The van der Waals surface area contributed by atoms with E-state index < -0.39 is 0 Å². The Labute approximate surface area is 69.3 Å². The van der Waals surface area contributed by atoms with Gasteiger partial charge >= 0.3 is 0 Å². The number of aromatic nitrogens is 2. The number of anilines is 1. The SMILES string of the molecule is Cn1c(N)nc2c(O)cccc21. The van der Waals surface area contributed by atoms with E-state index in [-0.39, 0.29) is 5.75 Å². The molecule has 12 heavy (non-hydrogen) atoms. The Morgan fingerprint density at radius 2 is 2.25 bits per heavy atom. The summed E-state index contributed by atoms with van der Waals surface area (Å²) in [6.07, 6.45) is 0. The van der Waals surface area contributed by atoms with Crippen LogP contribution in [0.5, 0.6) is 5.75 Å². The summed E-state index contributed by atoms with van der Waals surface area (Å²) in [5.41, 5.74) is 6.96. The van der Waals surface area contributed by atoms with Crippen LogP contribution in [0.4, 0.5) is 5.95 Å². The summed E-state index contributed by atoms with van der Waals surface area (Å²) >= 11 is 0. The van der Waals surface area contributed by atoms with Crippen LogP contribution in [0.15, 0.2) is 18.2 Å². The zero-order valence-corrected chi connectivity index (χ0v) is 6.65. The summed E-state index contributed by atoms with van der Waals surface area (Å²) in [7, 11) is 1.81. The quantitative estimate of drug-likeness (QED) is 0.605. The largest absolute Gasteiger partial charge is 0.506 e. The first-order valence-corrected chi connectivity index (χ1v) is 3.60. The van der Waals surface area contributed by atoms with Crippen LogP contribution in [-0.4, -0.2) is 14.7 Å². The van der Waals surface area contributed by atoms with Crippen molar-refractivity contribution >= 4 is 17.0 Å². The highest BCUT2D eigenvalue weighted by atomic mass is 16.3. The highest BCUT2D eigenvalue weighted by molar-refractivity contribution is 5.83. The number of rotatable bonds is 0. The Hall–Kier alpha value is -1.71. The monoisotopic (exact) mass is 163 g/mol. The third-order valence-electron chi connectivity index (χ3n) is 1.92. The minimum absolute atomic E-state index is 0.166. The van der Waals surface area contributed by atoms with Crippen LogP contribution in [0.2, 0.25) is 0 Å². The molecular formula is C8H9N3O. The first kappa shape index (κ1) is 6.97. The molecule has 1 aromatic carbocycles. The summed E-state index contributed by atoms with van der Waals surface area (Å²) < 4.78 is 1.73. The van der Waals surface area contributed by atoms with Crippen LogP contribution < -0.4 is 5.73 Å². The molecule has 0 spiro atoms. The number of hydrogen-bond acceptors (Lipinski definition) is 3. The number of nitrogens with two attached hydrogens (primary N) is 1. The molecule has 4 nitrogen and oxygen atoms in total. The van der Waals surface area contributed by atoms with E-state index >= 15 is 0 Å². The molecule has 4 heteroatoms. The lowest BCUT2D eigenvalue weighted by molar-refractivity contribution is 0.480. The minimum Gasteiger partial charge on any atom is -0.506 e. The first-order chi connectivity index (χ1) is 5.70. The van der Waals surface area contributed by atoms with Crippen molar-refractivity contribution in [1.82, 2.24) is 9.55 Å². The highest BCUT2D eigenvalue weighted by Crippen LogP contribution is 2.24. The Morgan fingerprint density at radius 3 is 2.92 bits per heavy atom. The lowest BCUT2D eigenvalue weighted by atomic mass is 10.3. The van der Waals surface area contributed by atoms with E-state index in [4.69, 9.17) is 5.73 Å². The van der Waals surface area contributed by atoms with Gasteiger partial charge in [-0.3, -0.25) is 0 Å². The lowest BCUT2D eigenvalue weighted by Crippen LogP contribution is -1.95. The van der Waals surface area contributed by atoms with Gasteiger partial charge in [-0.25, -0.2) is 4.98 Å². The number of nitrogens with zero attached hydrogens (tertiary/aromatic N) is 2. The van der Waals surface area contributed by atoms with Crippen molar-refractivity contribution in [2.75, 3.05) is 5.73 Å². The van der Waals surface area contributed by atoms with Crippen LogP contribution in [0, 0.1) is 0 Å². The normalized spacial score (nSPS) is 10.8. The van der Waals surface area contributed by atoms with Gasteiger partial charge in [0.25, 0.3) is 0 Å². The highest BCUT2D eigenvalue weighted by Gasteiger charge is 2.06. The van der Waals surface area contributed by atoms with E-state index in [0.717, 1.165) is 5.52 Å². The van der Waals surface area contributed by atoms with Crippen LogP contribution >= 0.6 is 0 Å². The summed E-state index contributed by atoms with van der Waals surface area (Å²) in [5.74, 6) is 0.575. The molecule has 3 N–H and O–H groups in total. The van der Waals surface area contributed by atoms with Crippen molar-refractivity contribution in [2.45, 2.75) is 0 Å². The molecule has 0 radical (unpaired) electrons. The van der Waals surface area contributed by atoms with Crippen molar-refractivity contribution < 1.29 is 5.11 Å². The van der Waals surface area contributed by atoms with Crippen LogP contribution in [0.3, 0.4) is 0 Å². The summed E-state index contributed by atoms with van der Waals surface area (Å²) in [5, 5.41) is 9.38. The van der Waals surface area contributed by atoms with E-state index in [1.807, 2.05) is 13.1 Å². The van der Waals surface area contributed by atoms with Crippen molar-refractivity contribution in [3.05, 3.63) is 18.2 Å². The number of nitrogen functional groups attached to an aromatic ring is 1. The van der Waals surface area contributed by atoms with Gasteiger partial charge in [0.15, 0.2) is 0 Å². The first-order valence-electron chi connectivity index (χ1n) is 3.60. The zero-order valence-electron chi connectivity index (χ0n) is 6.65. The molecule has 0 aliphatic heterocycles. The molecule has 0 amide bonds. The fourth-order valence-corrected chi connectivity index (χ4v) is 1.22. The number of phenols is 1. The van der Waals surface area contributed by atoms with E-state index in [1.54, 1.807) is 16.7 Å². The molecule has 0 aliphatic rings. The standard InChI is InChI=1S/C8H9N3O/c1-11-5-3-2-4-6(12)7(5)10-8(11)9/h2-4,12H,1H3,(H2,9,10). The predicted octanol–water partition coefficient (Wildman–Crippen LogP) is 0.861. The van der Waals surface area contributed by atoms with Crippen LogP contribution in [0.1, 0.15) is 0 Å². The average molecular weight is 163 g/mol. The van der Waals surface area contributed by atoms with Crippen LogP contribution in [-0.2, 0) is 7.05 Å². The second-order valence-electron chi connectivity index (χ2n) is 2.67. The summed E-state index contributed by atoms with van der Waals surface area (Å²) in [6.45, 7) is 0. The maximum Gasteiger partial charge on any atom is 0.201 e. The fraction of sp³-hybridized carbons (Fsp3) is 0.125. The molecule has 2 aromatic rings. The van der Waals surface area contributed by atoms with E-state index in [9.17, 15) is 5.11 Å². The van der Waals surface area contributed by atoms with E-state index in [2.05, 4.69) is 4.98 Å². The van der Waals surface area contributed by atoms with Gasteiger partial charge in [0, 0.05) is 7.05 Å². The van der Waals surface area contributed by atoms with Crippen LogP contribution in [0.25, 0.3) is 11.0 Å². The molecule has 1 heterocycles. The molecule has 1 aromatic heterocycles. The van der Waals surface area contributed by atoms with Crippen molar-refractivity contribution in [3.63, 3.8) is 0 Å². The average Bonchev–Trinajstić information content (AvgIpc) is 2.32. The van der Waals surface area contributed by atoms with Gasteiger partial charge in [-0.15, -0.1) is 0 Å². The van der Waals surface area contributed by atoms with Crippen molar-refractivity contribution in [2.24, 2.45) is 7.05 Å². The van der Waals surface area contributed by atoms with Crippen molar-refractivity contribution in [1.29, 1.82) is 0 Å². The maximum absolute atomic E-state index is 9.38. The Morgan fingerprint density at radius 1 is 1.50 bits per heavy atom. The number of aromatic hydroxyl groups is 1. The number of benzene rings is 1. The second kappa shape index (κ2) is 2.14. The van der Waals surface area contributed by atoms with E-state index in [0.29, 0.717) is 11.5 Å². The summed E-state index contributed by atoms with van der Waals surface area (Å²) in [6, 6.07) is 5.21. The van der Waals surface area contributed by atoms with Gasteiger partial charge in [0.05, 0.1) is 5.52 Å². The van der Waals surface area contributed by atoms with Gasteiger partial charge in [-0.05, 0) is 12.1 Å². The molecule has 0 saturated carbocycles. The predicted molar refractivity (Wildman–Crippen MR) is 46.8 cm³/mol. The minimum atomic E-state index is 0.166. The molecule has 2 rings (SSSR count). The fourth-order valence-electron chi connectivity index (χ4n) is 1.22. The van der Waals surface area contributed by atoms with Gasteiger partial charge in [0.1, 0.15) is 11.3 Å². The molecule has 62 valence electrons. The number of imidazole rings is 1. The van der Waals surface area contributed by atoms with Gasteiger partial charge in [-0.1, -0.05) is 6.07 Å². The number of aryl methyl sites for hydroxylation is 1. The molecular weight excluding hydrogens is 154 g/mol. The third kappa shape index (κ3) is 0.747. The molecule has 0 unspecified atom stereocenters. The van der Waals surface area contributed by atoms with E-state index in [1.165, 1.54) is 0 Å². The Kier molecular flexibility index (Phi) is 1.24. The molecule has 0 atom stereocenters. The zero-order chi connectivity index (χ0) is 8.72. The molecule has 0 saturated heterocycles. The second-order valence-corrected chi connectivity index (χ2v) is 2.67. The molecule has 0 bridgehead atoms. The Balaban J connectivity index is 2.95. The third-order valence-corrected chi connectivity index (χ3v) is 1.92. The van der Waals surface area contributed by atoms with Gasteiger partial charge in [-0.2, -0.15) is 0 Å². The molecule has 0 fully saturated rings. The topological polar surface area (TPSA) is 64.1 Å². The van der Waals surface area contributed by atoms with Gasteiger partial charge < -0.3 is 15.4 Å².